The summed E-state index contributed by atoms with van der Waals surface area (Å²) in [5.41, 5.74) is 0.687. The maximum Gasteiger partial charge on any atom is 0.244 e. The molecule has 0 saturated heterocycles. The summed E-state index contributed by atoms with van der Waals surface area (Å²) in [6.45, 7) is 0. The summed E-state index contributed by atoms with van der Waals surface area (Å²) in [5, 5.41) is 6.15. The summed E-state index contributed by atoms with van der Waals surface area (Å²) in [7, 11) is 3.60. The highest BCUT2D eigenvalue weighted by molar-refractivity contribution is 7.84. The second kappa shape index (κ2) is 6.44. The third kappa shape index (κ3) is 3.02. The Hall–Kier alpha value is -2.68. The average molecular weight is 348 g/mol. The molecule has 0 bridgehead atoms. The molecule has 1 atom stereocenters. The van der Waals surface area contributed by atoms with E-state index in [1.165, 1.54) is 12.5 Å². The maximum absolute atomic E-state index is 11.5. The fourth-order valence-corrected chi connectivity index (χ4v) is 2.56. The molecule has 0 aliphatic carbocycles. The first-order valence-corrected chi connectivity index (χ1v) is 8.51. The maximum atomic E-state index is 11.5. The van der Waals surface area contributed by atoms with Crippen molar-refractivity contribution in [2.24, 2.45) is 5.10 Å². The first-order chi connectivity index (χ1) is 11.5. The lowest BCUT2D eigenvalue weighted by molar-refractivity contribution is 0.393. The summed E-state index contributed by atoms with van der Waals surface area (Å²) in [4.78, 5) is 8.28. The summed E-state index contributed by atoms with van der Waals surface area (Å²) >= 11 is 0. The predicted octanol–water partition coefficient (Wildman–Crippen LogP) is 1.42. The van der Waals surface area contributed by atoms with E-state index in [0.29, 0.717) is 34.5 Å². The van der Waals surface area contributed by atoms with Gasteiger partial charge in [0.05, 0.1) is 31.2 Å². The van der Waals surface area contributed by atoms with E-state index in [9.17, 15) is 4.21 Å². The SMILES string of the molecule is COc1cc(OC)cc(C2=NN(C)c3nc(S(C)=O)ncc3O2)c1. The molecular formula is C15H16N4O4S. The van der Waals surface area contributed by atoms with Crippen molar-refractivity contribution in [3.05, 3.63) is 30.0 Å². The number of hydrogen-bond donors (Lipinski definition) is 0. The minimum atomic E-state index is -1.28. The largest absolute Gasteiger partial charge is 0.497 e. The molecule has 0 fully saturated rings. The topological polar surface area (TPSA) is 86.1 Å². The van der Waals surface area contributed by atoms with Crippen molar-refractivity contribution in [2.45, 2.75) is 5.16 Å². The first-order valence-electron chi connectivity index (χ1n) is 6.96. The molecule has 3 rings (SSSR count). The van der Waals surface area contributed by atoms with E-state index in [0.717, 1.165) is 0 Å². The van der Waals surface area contributed by atoms with Crippen LogP contribution in [0.4, 0.5) is 5.82 Å². The van der Waals surface area contributed by atoms with Crippen molar-refractivity contribution >= 4 is 22.5 Å². The third-order valence-corrected chi connectivity index (χ3v) is 4.03. The van der Waals surface area contributed by atoms with Crippen molar-refractivity contribution in [3.8, 4) is 17.2 Å². The molecule has 2 heterocycles. The fraction of sp³-hybridized carbons (Fsp3) is 0.267. The number of aromatic nitrogens is 2. The zero-order valence-corrected chi connectivity index (χ0v) is 14.5. The van der Waals surface area contributed by atoms with Gasteiger partial charge in [-0.2, -0.15) is 4.98 Å². The van der Waals surface area contributed by atoms with Gasteiger partial charge in [0.25, 0.3) is 0 Å². The molecular weight excluding hydrogens is 332 g/mol. The van der Waals surface area contributed by atoms with Crippen LogP contribution in [0, 0.1) is 0 Å². The number of hydrazone groups is 1. The van der Waals surface area contributed by atoms with Crippen LogP contribution in [0.3, 0.4) is 0 Å². The van der Waals surface area contributed by atoms with E-state index >= 15 is 0 Å². The van der Waals surface area contributed by atoms with E-state index in [-0.39, 0.29) is 5.16 Å². The van der Waals surface area contributed by atoms with E-state index in [2.05, 4.69) is 15.1 Å². The highest BCUT2D eigenvalue weighted by atomic mass is 32.2. The number of fused-ring (bicyclic) bond motifs is 1. The summed E-state index contributed by atoms with van der Waals surface area (Å²) < 4.78 is 27.9. The van der Waals surface area contributed by atoms with Gasteiger partial charge in [0.2, 0.25) is 11.1 Å². The van der Waals surface area contributed by atoms with Gasteiger partial charge in [-0.3, -0.25) is 4.21 Å². The number of rotatable bonds is 4. The van der Waals surface area contributed by atoms with Crippen LogP contribution >= 0.6 is 0 Å². The van der Waals surface area contributed by atoms with E-state index in [4.69, 9.17) is 14.2 Å². The number of ether oxygens (including phenoxy) is 3. The van der Waals surface area contributed by atoms with E-state index in [1.807, 2.05) is 0 Å². The highest BCUT2D eigenvalue weighted by Gasteiger charge is 2.23. The second-order valence-corrected chi connectivity index (χ2v) is 6.20. The molecule has 1 unspecified atom stereocenters. The van der Waals surface area contributed by atoms with Crippen molar-refractivity contribution < 1.29 is 18.4 Å². The van der Waals surface area contributed by atoms with Crippen molar-refractivity contribution in [1.82, 2.24) is 9.97 Å². The Morgan fingerprint density at radius 3 is 2.42 bits per heavy atom. The molecule has 1 aromatic carbocycles. The number of methoxy groups -OCH3 is 2. The Balaban J connectivity index is 2.00. The molecule has 24 heavy (non-hydrogen) atoms. The minimum Gasteiger partial charge on any atom is -0.497 e. The molecule has 8 nitrogen and oxygen atoms in total. The number of anilines is 1. The molecule has 0 saturated carbocycles. The normalized spacial score (nSPS) is 14.3. The number of nitrogens with zero attached hydrogens (tertiary/aromatic N) is 4. The Morgan fingerprint density at radius 2 is 1.83 bits per heavy atom. The van der Waals surface area contributed by atoms with Crippen molar-refractivity contribution in [1.29, 1.82) is 0 Å². The lowest BCUT2D eigenvalue weighted by atomic mass is 10.2. The van der Waals surface area contributed by atoms with Crippen LogP contribution in [0.2, 0.25) is 0 Å². The molecule has 0 N–H and O–H groups in total. The third-order valence-electron chi connectivity index (χ3n) is 3.32. The van der Waals surface area contributed by atoms with Crippen LogP contribution in [-0.2, 0) is 10.8 Å². The lowest BCUT2D eigenvalue weighted by Gasteiger charge is -2.23. The minimum absolute atomic E-state index is 0.228. The molecule has 9 heteroatoms. The van der Waals surface area contributed by atoms with Gasteiger partial charge in [-0.15, -0.1) is 5.10 Å². The molecule has 1 aliphatic heterocycles. The standard InChI is InChI=1S/C15H16N4O4S/c1-19-13-12(8-16-15(17-13)24(4)20)23-14(18-19)9-5-10(21-2)7-11(6-9)22-3/h5-8H,1-4H3. The molecule has 0 spiro atoms. The van der Waals surface area contributed by atoms with Gasteiger partial charge in [-0.05, 0) is 12.1 Å². The molecule has 0 amide bonds. The van der Waals surface area contributed by atoms with Gasteiger partial charge in [-0.25, -0.2) is 9.99 Å². The Morgan fingerprint density at radius 1 is 1.17 bits per heavy atom. The van der Waals surface area contributed by atoms with Gasteiger partial charge in [0.15, 0.2) is 11.6 Å². The molecule has 1 aromatic heterocycles. The van der Waals surface area contributed by atoms with Gasteiger partial charge in [-0.1, -0.05) is 0 Å². The summed E-state index contributed by atoms with van der Waals surface area (Å²) in [6.07, 6.45) is 3.00. The second-order valence-electron chi connectivity index (χ2n) is 4.93. The van der Waals surface area contributed by atoms with Crippen LogP contribution in [0.25, 0.3) is 0 Å². The summed E-state index contributed by atoms with van der Waals surface area (Å²) in [6, 6.07) is 5.34. The van der Waals surface area contributed by atoms with Crippen molar-refractivity contribution in [2.75, 3.05) is 32.5 Å². The zero-order valence-electron chi connectivity index (χ0n) is 13.6. The zero-order chi connectivity index (χ0) is 17.3. The Kier molecular flexibility index (Phi) is 4.34. The van der Waals surface area contributed by atoms with Crippen molar-refractivity contribution in [3.63, 3.8) is 0 Å². The Labute approximate surface area is 141 Å². The number of hydrogen-bond acceptors (Lipinski definition) is 8. The van der Waals surface area contributed by atoms with Gasteiger partial charge in [0, 0.05) is 24.9 Å². The van der Waals surface area contributed by atoms with Gasteiger partial charge in [0.1, 0.15) is 11.5 Å². The molecule has 126 valence electrons. The molecule has 0 radical (unpaired) electrons. The van der Waals surface area contributed by atoms with Gasteiger partial charge >= 0.3 is 0 Å². The van der Waals surface area contributed by atoms with Crippen LogP contribution in [0.15, 0.2) is 34.7 Å². The van der Waals surface area contributed by atoms with Crippen LogP contribution in [0.1, 0.15) is 5.56 Å². The average Bonchev–Trinajstić information content (AvgIpc) is 2.60. The van der Waals surface area contributed by atoms with Crippen LogP contribution in [0.5, 0.6) is 17.2 Å². The van der Waals surface area contributed by atoms with E-state index in [1.54, 1.807) is 44.5 Å². The van der Waals surface area contributed by atoms with Gasteiger partial charge < -0.3 is 14.2 Å². The predicted molar refractivity (Wildman–Crippen MR) is 89.5 cm³/mol. The molecule has 1 aliphatic rings. The van der Waals surface area contributed by atoms with Crippen LogP contribution < -0.4 is 19.2 Å². The quantitative estimate of drug-likeness (QED) is 0.772. The fourth-order valence-electron chi connectivity index (χ4n) is 2.14. The smallest absolute Gasteiger partial charge is 0.244 e. The first kappa shape index (κ1) is 16.2. The monoisotopic (exact) mass is 348 g/mol. The molecule has 2 aromatic rings. The number of benzene rings is 1. The van der Waals surface area contributed by atoms with E-state index < -0.39 is 10.8 Å². The van der Waals surface area contributed by atoms with Crippen LogP contribution in [-0.4, -0.2) is 47.6 Å². The Bertz CT molecular complexity index is 818. The highest BCUT2D eigenvalue weighted by Crippen LogP contribution is 2.31. The summed E-state index contributed by atoms with van der Waals surface area (Å²) in [5.74, 6) is 2.48. The lowest BCUT2D eigenvalue weighted by Crippen LogP contribution is -2.26.